The molecule has 2 saturated carbocycles. The Balaban J connectivity index is 1.67. The van der Waals surface area contributed by atoms with Gasteiger partial charge < -0.3 is 9.64 Å². The zero-order valence-corrected chi connectivity index (χ0v) is 16.0. The maximum atomic E-state index is 12.3. The minimum absolute atomic E-state index is 0.00954. The number of allylic oxidation sites excluding steroid dienone is 2. The molecular weight excluding hydrogens is 314 g/mol. The van der Waals surface area contributed by atoms with Crippen LogP contribution in [0.3, 0.4) is 0 Å². The molecule has 3 fully saturated rings. The molecule has 0 aromatic heterocycles. The summed E-state index contributed by atoms with van der Waals surface area (Å²) in [5.74, 6) is 2.20. The van der Waals surface area contributed by atoms with E-state index < -0.39 is 0 Å². The number of hydrogen-bond donors (Lipinski definition) is 0. The SMILES string of the molecule is COC(=O)C1CCC2C3CC=C4N(C)C(=O)CCC4(C)C3CCC12C. The van der Waals surface area contributed by atoms with Crippen molar-refractivity contribution in [3.63, 3.8) is 0 Å². The predicted octanol–water partition coefficient (Wildman–Crippen LogP) is 3.76. The third kappa shape index (κ3) is 2.18. The van der Waals surface area contributed by atoms with E-state index in [9.17, 15) is 9.59 Å². The number of likely N-dealkylation sites (tertiary alicyclic amines) is 1. The van der Waals surface area contributed by atoms with Crippen LogP contribution in [0.15, 0.2) is 11.8 Å². The summed E-state index contributed by atoms with van der Waals surface area (Å²) >= 11 is 0. The van der Waals surface area contributed by atoms with Crippen LogP contribution in [0.25, 0.3) is 0 Å². The van der Waals surface area contributed by atoms with E-state index in [-0.39, 0.29) is 28.6 Å². The summed E-state index contributed by atoms with van der Waals surface area (Å²) in [6.07, 6.45) is 9.44. The zero-order chi connectivity index (χ0) is 18.0. The van der Waals surface area contributed by atoms with Gasteiger partial charge >= 0.3 is 5.97 Å². The Hall–Kier alpha value is -1.32. The molecule has 0 aromatic rings. The van der Waals surface area contributed by atoms with Crippen molar-refractivity contribution in [3.8, 4) is 0 Å². The van der Waals surface area contributed by atoms with E-state index in [1.165, 1.54) is 19.2 Å². The van der Waals surface area contributed by atoms with E-state index in [0.29, 0.717) is 24.2 Å². The van der Waals surface area contributed by atoms with Gasteiger partial charge in [-0.2, -0.15) is 0 Å². The molecule has 0 spiro atoms. The lowest BCUT2D eigenvalue weighted by Gasteiger charge is -2.58. The second kappa shape index (κ2) is 5.59. The van der Waals surface area contributed by atoms with Crippen LogP contribution in [0.4, 0.5) is 0 Å². The highest BCUT2D eigenvalue weighted by molar-refractivity contribution is 5.79. The van der Waals surface area contributed by atoms with Crippen LogP contribution in [0.1, 0.15) is 58.8 Å². The van der Waals surface area contributed by atoms with Crippen molar-refractivity contribution >= 4 is 11.9 Å². The Bertz CT molecular complexity index is 641. The molecule has 4 aliphatic rings. The molecule has 3 aliphatic carbocycles. The molecule has 1 amide bonds. The number of rotatable bonds is 1. The summed E-state index contributed by atoms with van der Waals surface area (Å²) in [4.78, 5) is 26.4. The molecule has 138 valence electrons. The number of carbonyl (C=O) groups excluding carboxylic acids is 2. The Morgan fingerprint density at radius 2 is 1.96 bits per heavy atom. The van der Waals surface area contributed by atoms with Gasteiger partial charge in [0.25, 0.3) is 0 Å². The zero-order valence-electron chi connectivity index (χ0n) is 16.0. The van der Waals surface area contributed by atoms with E-state index in [1.54, 1.807) is 0 Å². The van der Waals surface area contributed by atoms with Crippen molar-refractivity contribution < 1.29 is 14.3 Å². The highest BCUT2D eigenvalue weighted by atomic mass is 16.5. The molecule has 4 rings (SSSR count). The van der Waals surface area contributed by atoms with Gasteiger partial charge in [0.2, 0.25) is 5.91 Å². The van der Waals surface area contributed by atoms with Crippen molar-refractivity contribution in [2.75, 3.05) is 14.2 Å². The van der Waals surface area contributed by atoms with E-state index >= 15 is 0 Å². The number of esters is 1. The molecule has 0 radical (unpaired) electrons. The molecule has 4 nitrogen and oxygen atoms in total. The van der Waals surface area contributed by atoms with Crippen LogP contribution >= 0.6 is 0 Å². The number of fused-ring (bicyclic) bond motifs is 5. The average Bonchev–Trinajstić information content (AvgIpc) is 2.95. The van der Waals surface area contributed by atoms with Gasteiger partial charge in [0.05, 0.1) is 13.0 Å². The third-order valence-corrected chi connectivity index (χ3v) is 8.50. The lowest BCUT2D eigenvalue weighted by molar-refractivity contribution is -0.153. The number of amides is 1. The Morgan fingerprint density at radius 1 is 1.20 bits per heavy atom. The topological polar surface area (TPSA) is 46.6 Å². The van der Waals surface area contributed by atoms with Crippen LogP contribution < -0.4 is 0 Å². The third-order valence-electron chi connectivity index (χ3n) is 8.50. The van der Waals surface area contributed by atoms with Crippen molar-refractivity contribution in [2.24, 2.45) is 34.5 Å². The van der Waals surface area contributed by atoms with Gasteiger partial charge in [-0.15, -0.1) is 0 Å². The van der Waals surface area contributed by atoms with Crippen LogP contribution in [-0.4, -0.2) is 30.9 Å². The highest BCUT2D eigenvalue weighted by Crippen LogP contribution is 2.65. The summed E-state index contributed by atoms with van der Waals surface area (Å²) in [5, 5.41) is 0. The van der Waals surface area contributed by atoms with Crippen LogP contribution in [0.2, 0.25) is 0 Å². The summed E-state index contributed by atoms with van der Waals surface area (Å²) in [5.41, 5.74) is 1.47. The maximum absolute atomic E-state index is 12.3. The molecule has 6 unspecified atom stereocenters. The quantitative estimate of drug-likeness (QED) is 0.680. The molecule has 4 heteroatoms. The first kappa shape index (κ1) is 17.1. The number of carbonyl (C=O) groups is 2. The normalized spacial score (nSPS) is 46.0. The van der Waals surface area contributed by atoms with E-state index in [1.807, 2.05) is 11.9 Å². The molecule has 0 bridgehead atoms. The molecule has 0 N–H and O–H groups in total. The highest BCUT2D eigenvalue weighted by Gasteiger charge is 2.60. The molecule has 1 saturated heterocycles. The fourth-order valence-electron chi connectivity index (χ4n) is 7.11. The second-order valence-electron chi connectivity index (χ2n) is 9.27. The van der Waals surface area contributed by atoms with Crippen molar-refractivity contribution in [3.05, 3.63) is 11.8 Å². The van der Waals surface area contributed by atoms with Crippen molar-refractivity contribution in [1.82, 2.24) is 4.90 Å². The first-order valence-corrected chi connectivity index (χ1v) is 9.88. The molecule has 6 atom stereocenters. The maximum Gasteiger partial charge on any atom is 0.309 e. The number of hydrogen-bond acceptors (Lipinski definition) is 3. The lowest BCUT2D eigenvalue weighted by Crippen LogP contribution is -2.54. The van der Waals surface area contributed by atoms with Crippen molar-refractivity contribution in [1.29, 1.82) is 0 Å². The van der Waals surface area contributed by atoms with E-state index in [4.69, 9.17) is 4.74 Å². The Kier molecular flexibility index (Phi) is 3.82. The van der Waals surface area contributed by atoms with Crippen LogP contribution in [-0.2, 0) is 14.3 Å². The van der Waals surface area contributed by atoms with Gasteiger partial charge in [-0.25, -0.2) is 0 Å². The molecule has 25 heavy (non-hydrogen) atoms. The Labute approximate surface area is 151 Å². The lowest BCUT2D eigenvalue weighted by atomic mass is 9.49. The summed E-state index contributed by atoms with van der Waals surface area (Å²) in [6, 6.07) is 0. The summed E-state index contributed by atoms with van der Waals surface area (Å²) in [7, 11) is 3.47. The van der Waals surface area contributed by atoms with Gasteiger partial charge in [0.1, 0.15) is 0 Å². The van der Waals surface area contributed by atoms with Gasteiger partial charge in [0.15, 0.2) is 0 Å². The smallest absolute Gasteiger partial charge is 0.309 e. The summed E-state index contributed by atoms with van der Waals surface area (Å²) < 4.78 is 5.12. The minimum atomic E-state index is -0.00954. The van der Waals surface area contributed by atoms with Gasteiger partial charge in [-0.05, 0) is 61.7 Å². The number of nitrogens with zero attached hydrogens (tertiary/aromatic N) is 1. The molecular formula is C21H31NO3. The van der Waals surface area contributed by atoms with E-state index in [2.05, 4.69) is 19.9 Å². The fraction of sp³-hybridized carbons (Fsp3) is 0.810. The molecule has 1 heterocycles. The standard InChI is InChI=1S/C21H31NO3/c1-20-11-9-15-13(14(20)6-7-16(20)19(24)25-4)5-8-17-21(15,2)12-10-18(23)22(17)3/h8,13-16H,5-7,9-12H2,1-4H3. The molecule has 1 aliphatic heterocycles. The fourth-order valence-corrected chi connectivity index (χ4v) is 7.11. The van der Waals surface area contributed by atoms with Gasteiger partial charge in [0, 0.05) is 24.6 Å². The number of piperidine rings is 1. The predicted molar refractivity (Wildman–Crippen MR) is 95.4 cm³/mol. The minimum Gasteiger partial charge on any atom is -0.469 e. The van der Waals surface area contributed by atoms with Crippen molar-refractivity contribution in [2.45, 2.75) is 58.8 Å². The van der Waals surface area contributed by atoms with Gasteiger partial charge in [-0.3, -0.25) is 9.59 Å². The number of methoxy groups -OCH3 is 1. The first-order valence-electron chi connectivity index (χ1n) is 9.88. The average molecular weight is 345 g/mol. The van der Waals surface area contributed by atoms with Crippen LogP contribution in [0.5, 0.6) is 0 Å². The van der Waals surface area contributed by atoms with E-state index in [0.717, 1.165) is 32.1 Å². The first-order chi connectivity index (χ1) is 11.8. The number of ether oxygens (including phenoxy) is 1. The largest absolute Gasteiger partial charge is 0.469 e. The van der Waals surface area contributed by atoms with Crippen LogP contribution in [0, 0.1) is 34.5 Å². The Morgan fingerprint density at radius 3 is 2.68 bits per heavy atom. The monoisotopic (exact) mass is 345 g/mol. The molecule has 0 aromatic carbocycles. The summed E-state index contributed by atoms with van der Waals surface area (Å²) in [6.45, 7) is 4.72. The van der Waals surface area contributed by atoms with Gasteiger partial charge in [-0.1, -0.05) is 19.9 Å². The second-order valence-corrected chi connectivity index (χ2v) is 9.27.